The highest BCUT2D eigenvalue weighted by Crippen LogP contribution is 2.33. The van der Waals surface area contributed by atoms with E-state index >= 15 is 0 Å². The Morgan fingerprint density at radius 3 is 2.79 bits per heavy atom. The molecule has 2 aromatic carbocycles. The Bertz CT molecular complexity index is 1230. The standard InChI is InChI=1S/C23H22N4O2/c1-15-25-21-20(18-9-8-16-5-2-3-6-17(16)13-18)10-11-24-22(21)27(15)19-7-4-12-26(14-19)23(28)29/h2-3,5-6,8-11,13,19H,4,7,12,14H2,1H3,(H,28,29)/t19-/m0/s1. The molecule has 1 N–H and O–H groups in total. The number of benzene rings is 2. The van der Waals surface area contributed by atoms with Crippen LogP contribution in [0.4, 0.5) is 4.79 Å². The maximum Gasteiger partial charge on any atom is 0.407 e. The quantitative estimate of drug-likeness (QED) is 0.533. The van der Waals surface area contributed by atoms with Crippen molar-refractivity contribution in [2.75, 3.05) is 13.1 Å². The second-order valence-corrected chi connectivity index (χ2v) is 7.65. The SMILES string of the molecule is Cc1nc2c(-c3ccc4ccccc4c3)ccnc2n1[C@H]1CCCN(C(=O)O)C1. The van der Waals surface area contributed by atoms with Gasteiger partial charge in [0.05, 0.1) is 6.04 Å². The number of hydrogen-bond acceptors (Lipinski definition) is 3. The third-order valence-corrected chi connectivity index (χ3v) is 5.85. The van der Waals surface area contributed by atoms with Crippen LogP contribution in [0.25, 0.3) is 33.1 Å². The van der Waals surface area contributed by atoms with Gasteiger partial charge in [-0.05, 0) is 48.2 Å². The van der Waals surface area contributed by atoms with Gasteiger partial charge in [0.2, 0.25) is 0 Å². The minimum absolute atomic E-state index is 0.0594. The molecule has 6 heteroatoms. The highest BCUT2D eigenvalue weighted by Gasteiger charge is 2.27. The van der Waals surface area contributed by atoms with Crippen molar-refractivity contribution in [3.05, 3.63) is 60.6 Å². The highest BCUT2D eigenvalue weighted by atomic mass is 16.4. The summed E-state index contributed by atoms with van der Waals surface area (Å²) in [6.45, 7) is 3.04. The van der Waals surface area contributed by atoms with E-state index in [0.717, 1.165) is 41.0 Å². The lowest BCUT2D eigenvalue weighted by molar-refractivity contribution is 0.122. The molecule has 0 radical (unpaired) electrons. The van der Waals surface area contributed by atoms with Gasteiger partial charge in [0.25, 0.3) is 0 Å². The number of carbonyl (C=O) groups is 1. The summed E-state index contributed by atoms with van der Waals surface area (Å²) in [5, 5.41) is 11.8. The fourth-order valence-electron chi connectivity index (χ4n) is 4.46. The number of amides is 1. The number of likely N-dealkylation sites (tertiary alicyclic amines) is 1. The van der Waals surface area contributed by atoms with Crippen molar-refractivity contribution in [3.8, 4) is 11.1 Å². The van der Waals surface area contributed by atoms with E-state index in [2.05, 4.69) is 39.9 Å². The van der Waals surface area contributed by atoms with Gasteiger partial charge in [0.15, 0.2) is 5.65 Å². The molecule has 1 fully saturated rings. The topological polar surface area (TPSA) is 71.2 Å². The molecule has 3 heterocycles. The highest BCUT2D eigenvalue weighted by molar-refractivity contribution is 5.94. The molecule has 0 bridgehead atoms. The lowest BCUT2D eigenvalue weighted by Crippen LogP contribution is -2.40. The number of pyridine rings is 1. The molecule has 0 aliphatic carbocycles. The van der Waals surface area contributed by atoms with Crippen LogP contribution in [0.5, 0.6) is 0 Å². The first kappa shape index (κ1) is 17.7. The average molecular weight is 386 g/mol. The summed E-state index contributed by atoms with van der Waals surface area (Å²) < 4.78 is 2.12. The van der Waals surface area contributed by atoms with E-state index in [0.29, 0.717) is 13.1 Å². The predicted octanol–water partition coefficient (Wildman–Crippen LogP) is 4.87. The van der Waals surface area contributed by atoms with E-state index in [1.165, 1.54) is 15.7 Å². The summed E-state index contributed by atoms with van der Waals surface area (Å²) in [6, 6.07) is 16.8. The van der Waals surface area contributed by atoms with Crippen molar-refractivity contribution in [2.45, 2.75) is 25.8 Å². The number of fused-ring (bicyclic) bond motifs is 2. The number of aromatic nitrogens is 3. The molecule has 146 valence electrons. The molecule has 0 spiro atoms. The van der Waals surface area contributed by atoms with Crippen LogP contribution in [0.1, 0.15) is 24.7 Å². The average Bonchev–Trinajstić information content (AvgIpc) is 3.09. The summed E-state index contributed by atoms with van der Waals surface area (Å²) in [7, 11) is 0. The van der Waals surface area contributed by atoms with Crippen LogP contribution < -0.4 is 0 Å². The van der Waals surface area contributed by atoms with E-state index in [1.54, 1.807) is 0 Å². The van der Waals surface area contributed by atoms with Gasteiger partial charge in [-0.1, -0.05) is 36.4 Å². The Balaban J connectivity index is 1.62. The predicted molar refractivity (Wildman–Crippen MR) is 113 cm³/mol. The maximum atomic E-state index is 11.4. The Labute approximate surface area is 168 Å². The van der Waals surface area contributed by atoms with Crippen molar-refractivity contribution >= 4 is 28.0 Å². The third-order valence-electron chi connectivity index (χ3n) is 5.85. The Hall–Kier alpha value is -3.41. The second kappa shape index (κ2) is 6.88. The van der Waals surface area contributed by atoms with Crippen molar-refractivity contribution < 1.29 is 9.90 Å². The molecule has 1 saturated heterocycles. The monoisotopic (exact) mass is 386 g/mol. The van der Waals surface area contributed by atoms with Crippen molar-refractivity contribution in [3.63, 3.8) is 0 Å². The van der Waals surface area contributed by atoms with Crippen LogP contribution in [-0.4, -0.2) is 43.7 Å². The fourth-order valence-corrected chi connectivity index (χ4v) is 4.46. The van der Waals surface area contributed by atoms with Crippen LogP contribution in [0.15, 0.2) is 54.7 Å². The molecular weight excluding hydrogens is 364 g/mol. The smallest absolute Gasteiger partial charge is 0.407 e. The van der Waals surface area contributed by atoms with Crippen molar-refractivity contribution in [2.24, 2.45) is 0 Å². The molecule has 29 heavy (non-hydrogen) atoms. The number of piperidine rings is 1. The number of carboxylic acid groups (broad SMARTS) is 1. The van der Waals surface area contributed by atoms with E-state index < -0.39 is 6.09 Å². The molecular formula is C23H22N4O2. The minimum Gasteiger partial charge on any atom is -0.465 e. The van der Waals surface area contributed by atoms with Gasteiger partial charge >= 0.3 is 6.09 Å². The van der Waals surface area contributed by atoms with Crippen molar-refractivity contribution in [1.29, 1.82) is 0 Å². The Morgan fingerprint density at radius 2 is 1.97 bits per heavy atom. The van der Waals surface area contributed by atoms with Gasteiger partial charge in [-0.3, -0.25) is 0 Å². The summed E-state index contributed by atoms with van der Waals surface area (Å²) in [5.74, 6) is 0.873. The van der Waals surface area contributed by atoms with Crippen LogP contribution in [0.2, 0.25) is 0 Å². The molecule has 2 aromatic heterocycles. The second-order valence-electron chi connectivity index (χ2n) is 7.65. The first-order valence-corrected chi connectivity index (χ1v) is 9.92. The van der Waals surface area contributed by atoms with Gasteiger partial charge in [-0.15, -0.1) is 0 Å². The molecule has 0 saturated carbocycles. The van der Waals surface area contributed by atoms with E-state index in [-0.39, 0.29) is 6.04 Å². The number of rotatable bonds is 2. The summed E-state index contributed by atoms with van der Waals surface area (Å²) >= 11 is 0. The normalized spacial score (nSPS) is 17.1. The largest absolute Gasteiger partial charge is 0.465 e. The zero-order valence-electron chi connectivity index (χ0n) is 16.2. The van der Waals surface area contributed by atoms with E-state index in [1.807, 2.05) is 31.3 Å². The van der Waals surface area contributed by atoms with Crippen LogP contribution >= 0.6 is 0 Å². The number of imidazole rings is 1. The molecule has 1 aliphatic heterocycles. The van der Waals surface area contributed by atoms with Gasteiger partial charge < -0.3 is 14.6 Å². The molecule has 1 atom stereocenters. The van der Waals surface area contributed by atoms with Gasteiger partial charge in [-0.2, -0.15) is 0 Å². The summed E-state index contributed by atoms with van der Waals surface area (Å²) in [5.41, 5.74) is 3.85. The van der Waals surface area contributed by atoms with Gasteiger partial charge in [-0.25, -0.2) is 14.8 Å². The molecule has 1 amide bonds. The lowest BCUT2D eigenvalue weighted by Gasteiger charge is -2.32. The number of aryl methyl sites for hydroxylation is 1. The third kappa shape index (κ3) is 3.01. The first-order chi connectivity index (χ1) is 14.1. The zero-order chi connectivity index (χ0) is 20.0. The Morgan fingerprint density at radius 1 is 1.14 bits per heavy atom. The molecule has 1 aliphatic rings. The van der Waals surface area contributed by atoms with Crippen molar-refractivity contribution in [1.82, 2.24) is 19.4 Å². The van der Waals surface area contributed by atoms with E-state index in [9.17, 15) is 9.90 Å². The van der Waals surface area contributed by atoms with Gasteiger partial charge in [0, 0.05) is 24.8 Å². The zero-order valence-corrected chi connectivity index (χ0v) is 16.2. The minimum atomic E-state index is -0.860. The lowest BCUT2D eigenvalue weighted by atomic mass is 10.0. The van der Waals surface area contributed by atoms with E-state index in [4.69, 9.17) is 4.98 Å². The van der Waals surface area contributed by atoms with Crippen LogP contribution in [0.3, 0.4) is 0 Å². The van der Waals surface area contributed by atoms with Crippen LogP contribution in [0, 0.1) is 6.92 Å². The van der Waals surface area contributed by atoms with Gasteiger partial charge in [0.1, 0.15) is 11.3 Å². The summed E-state index contributed by atoms with van der Waals surface area (Å²) in [4.78, 5) is 22.4. The number of hydrogen-bond donors (Lipinski definition) is 1. The molecule has 4 aromatic rings. The number of nitrogens with zero attached hydrogens (tertiary/aromatic N) is 4. The molecule has 6 nitrogen and oxygen atoms in total. The van der Waals surface area contributed by atoms with Crippen LogP contribution in [-0.2, 0) is 0 Å². The molecule has 0 unspecified atom stereocenters. The fraction of sp³-hybridized carbons (Fsp3) is 0.261. The first-order valence-electron chi connectivity index (χ1n) is 9.92. The summed E-state index contributed by atoms with van der Waals surface area (Å²) in [6.07, 6.45) is 2.74. The molecule has 5 rings (SSSR count). The Kier molecular flexibility index (Phi) is 4.19. The maximum absolute atomic E-state index is 11.4.